The summed E-state index contributed by atoms with van der Waals surface area (Å²) < 4.78 is 0. The Morgan fingerprint density at radius 2 is 1.48 bits per heavy atom. The van der Waals surface area contributed by atoms with E-state index in [0.717, 1.165) is 5.56 Å². The second-order valence-corrected chi connectivity index (χ2v) is 5.03. The van der Waals surface area contributed by atoms with Crippen molar-refractivity contribution in [1.29, 1.82) is 0 Å². The van der Waals surface area contributed by atoms with Crippen molar-refractivity contribution >= 4 is 34.8 Å². The average Bonchev–Trinajstić information content (AvgIpc) is 2.61. The minimum absolute atomic E-state index is 0.112. The summed E-state index contributed by atoms with van der Waals surface area (Å²) in [5, 5.41) is 12.9. The van der Waals surface area contributed by atoms with Crippen LogP contribution in [0.25, 0.3) is 4.85 Å². The average molecular weight is 335 g/mol. The number of urea groups is 1. The number of benzene rings is 2. The first kappa shape index (κ1) is 17.5. The maximum absolute atomic E-state index is 12.0. The molecule has 0 aromatic heterocycles. The van der Waals surface area contributed by atoms with Crippen molar-refractivity contribution in [2.24, 2.45) is 21.7 Å². The van der Waals surface area contributed by atoms with Crippen molar-refractivity contribution in [1.82, 2.24) is 0 Å². The molecular weight excluding hydrogens is 318 g/mol. The molecule has 0 saturated carbocycles. The number of hydrogen-bond donors (Lipinski definition) is 4. The summed E-state index contributed by atoms with van der Waals surface area (Å²) in [5.74, 6) is -0.112. The molecule has 8 heteroatoms. The highest BCUT2D eigenvalue weighted by molar-refractivity contribution is 6.01. The number of nitrogens with two attached hydrogens (primary N) is 2. The van der Waals surface area contributed by atoms with Crippen LogP contribution in [0, 0.1) is 6.57 Å². The standard InChI is InChI=1S/C17H17N7O/c1-11(23-24-16(18)19)12-3-5-14(6-4-12)21-17(25)22-15-9-7-13(20-2)8-10-15/h3-10H,1H3,(H4,18,19,24)(H2,21,22,25)/b23-11-. The van der Waals surface area contributed by atoms with Crippen LogP contribution in [0.5, 0.6) is 0 Å². The fourth-order valence-corrected chi connectivity index (χ4v) is 1.90. The third-order valence-electron chi connectivity index (χ3n) is 3.13. The Morgan fingerprint density at radius 3 is 1.96 bits per heavy atom. The Labute approximate surface area is 145 Å². The van der Waals surface area contributed by atoms with E-state index in [-0.39, 0.29) is 12.0 Å². The van der Waals surface area contributed by atoms with Crippen molar-refractivity contribution in [3.8, 4) is 0 Å². The quantitative estimate of drug-likeness (QED) is 0.297. The molecule has 0 radical (unpaired) electrons. The molecule has 6 N–H and O–H groups in total. The van der Waals surface area contributed by atoms with Gasteiger partial charge in [-0.05, 0) is 36.8 Å². The molecule has 0 unspecified atom stereocenters. The summed E-state index contributed by atoms with van der Waals surface area (Å²) >= 11 is 0. The molecule has 126 valence electrons. The second-order valence-electron chi connectivity index (χ2n) is 5.03. The van der Waals surface area contributed by atoms with Crippen molar-refractivity contribution in [3.05, 3.63) is 65.5 Å². The van der Waals surface area contributed by atoms with Crippen LogP contribution in [0.2, 0.25) is 0 Å². The molecule has 8 nitrogen and oxygen atoms in total. The highest BCUT2D eigenvalue weighted by Gasteiger charge is 2.04. The molecule has 0 aliphatic carbocycles. The monoisotopic (exact) mass is 335 g/mol. The van der Waals surface area contributed by atoms with Crippen LogP contribution in [-0.4, -0.2) is 17.7 Å². The number of carbonyl (C=O) groups is 1. The van der Waals surface area contributed by atoms with E-state index in [4.69, 9.17) is 18.0 Å². The van der Waals surface area contributed by atoms with Crippen LogP contribution >= 0.6 is 0 Å². The van der Waals surface area contributed by atoms with Gasteiger partial charge in [-0.25, -0.2) is 9.64 Å². The van der Waals surface area contributed by atoms with Gasteiger partial charge in [0.15, 0.2) is 5.69 Å². The van der Waals surface area contributed by atoms with Gasteiger partial charge >= 0.3 is 6.03 Å². The zero-order valence-corrected chi connectivity index (χ0v) is 13.5. The van der Waals surface area contributed by atoms with E-state index in [1.54, 1.807) is 55.5 Å². The van der Waals surface area contributed by atoms with Gasteiger partial charge in [0.25, 0.3) is 0 Å². The van der Waals surface area contributed by atoms with Crippen LogP contribution in [0.1, 0.15) is 12.5 Å². The van der Waals surface area contributed by atoms with Crippen molar-refractivity contribution < 1.29 is 4.79 Å². The van der Waals surface area contributed by atoms with Crippen LogP contribution in [0.4, 0.5) is 21.9 Å². The molecule has 2 aromatic rings. The smallest absolute Gasteiger partial charge is 0.323 e. The number of carbonyl (C=O) groups excluding carboxylic acids is 1. The highest BCUT2D eigenvalue weighted by Crippen LogP contribution is 2.16. The number of hydrogen-bond acceptors (Lipinski definition) is 3. The predicted molar refractivity (Wildman–Crippen MR) is 99.8 cm³/mol. The Morgan fingerprint density at radius 1 is 0.960 bits per heavy atom. The van der Waals surface area contributed by atoms with Gasteiger partial charge in [-0.1, -0.05) is 24.3 Å². The van der Waals surface area contributed by atoms with Crippen LogP contribution < -0.4 is 22.1 Å². The van der Waals surface area contributed by atoms with Gasteiger partial charge in [0.1, 0.15) is 0 Å². The maximum atomic E-state index is 12.0. The first-order valence-corrected chi connectivity index (χ1v) is 7.27. The molecule has 0 aliphatic heterocycles. The molecule has 0 heterocycles. The number of amides is 2. The van der Waals surface area contributed by atoms with E-state index in [2.05, 4.69) is 25.7 Å². The first-order chi connectivity index (χ1) is 12.0. The van der Waals surface area contributed by atoms with Gasteiger partial charge in [-0.15, -0.1) is 5.10 Å². The van der Waals surface area contributed by atoms with Gasteiger partial charge in [0.2, 0.25) is 5.96 Å². The summed E-state index contributed by atoms with van der Waals surface area (Å²) in [4.78, 5) is 15.3. The van der Waals surface area contributed by atoms with E-state index < -0.39 is 0 Å². The molecule has 0 saturated heterocycles. The fraction of sp³-hybridized carbons (Fsp3) is 0.0588. The molecule has 2 amide bonds. The summed E-state index contributed by atoms with van der Waals surface area (Å²) in [6.45, 7) is 8.67. The van der Waals surface area contributed by atoms with E-state index in [1.807, 2.05) is 0 Å². The van der Waals surface area contributed by atoms with Crippen molar-refractivity contribution in [2.45, 2.75) is 6.92 Å². The topological polar surface area (TPSA) is 122 Å². The second kappa shape index (κ2) is 8.12. The molecule has 25 heavy (non-hydrogen) atoms. The summed E-state index contributed by atoms with van der Waals surface area (Å²) in [6.07, 6.45) is 0. The normalized spacial score (nSPS) is 10.5. The molecule has 2 rings (SSSR count). The molecule has 0 atom stereocenters. The lowest BCUT2D eigenvalue weighted by Gasteiger charge is -2.08. The zero-order valence-electron chi connectivity index (χ0n) is 13.5. The minimum Gasteiger partial charge on any atom is -0.369 e. The number of anilines is 2. The fourth-order valence-electron chi connectivity index (χ4n) is 1.90. The van der Waals surface area contributed by atoms with Crippen LogP contribution in [0.15, 0.2) is 58.7 Å². The first-order valence-electron chi connectivity index (χ1n) is 7.27. The minimum atomic E-state index is -0.380. The molecule has 0 bridgehead atoms. The van der Waals surface area contributed by atoms with Gasteiger partial charge in [0, 0.05) is 11.4 Å². The Bertz CT molecular complexity index is 842. The van der Waals surface area contributed by atoms with Gasteiger partial charge in [-0.2, -0.15) is 5.10 Å². The molecule has 0 aliphatic rings. The van der Waals surface area contributed by atoms with Crippen molar-refractivity contribution in [2.75, 3.05) is 10.6 Å². The van der Waals surface area contributed by atoms with E-state index in [0.29, 0.717) is 22.8 Å². The third-order valence-corrected chi connectivity index (χ3v) is 3.13. The predicted octanol–water partition coefficient (Wildman–Crippen LogP) is 2.88. The Balaban J connectivity index is 1.98. The zero-order chi connectivity index (χ0) is 18.2. The molecule has 0 spiro atoms. The lowest BCUT2D eigenvalue weighted by Crippen LogP contribution is -2.22. The highest BCUT2D eigenvalue weighted by atomic mass is 16.2. The largest absolute Gasteiger partial charge is 0.369 e. The summed E-state index contributed by atoms with van der Waals surface area (Å²) in [7, 11) is 0. The molecular formula is C17H17N7O. The van der Waals surface area contributed by atoms with Gasteiger partial charge in [0.05, 0.1) is 12.3 Å². The maximum Gasteiger partial charge on any atom is 0.323 e. The lowest BCUT2D eigenvalue weighted by molar-refractivity contribution is 0.262. The van der Waals surface area contributed by atoms with E-state index in [1.165, 1.54) is 0 Å². The summed E-state index contributed by atoms with van der Waals surface area (Å²) in [5.41, 5.74) is 13.7. The van der Waals surface area contributed by atoms with E-state index in [9.17, 15) is 4.79 Å². The van der Waals surface area contributed by atoms with Gasteiger partial charge < -0.3 is 22.1 Å². The van der Waals surface area contributed by atoms with Gasteiger partial charge in [-0.3, -0.25) is 0 Å². The summed E-state index contributed by atoms with van der Waals surface area (Å²) in [6, 6.07) is 13.3. The lowest BCUT2D eigenvalue weighted by atomic mass is 10.1. The number of guanidine groups is 1. The van der Waals surface area contributed by atoms with Crippen molar-refractivity contribution in [3.63, 3.8) is 0 Å². The third kappa shape index (κ3) is 5.37. The number of rotatable bonds is 4. The SMILES string of the molecule is [C-]#[N+]c1ccc(NC(=O)Nc2ccc(/C(C)=N\N=C(N)N)cc2)cc1. The van der Waals surface area contributed by atoms with Crippen LogP contribution in [0.3, 0.4) is 0 Å². The Hall–Kier alpha value is -3.86. The van der Waals surface area contributed by atoms with E-state index >= 15 is 0 Å². The number of nitrogens with zero attached hydrogens (tertiary/aromatic N) is 3. The molecule has 0 fully saturated rings. The number of nitrogens with one attached hydrogen (secondary N) is 2. The Kier molecular flexibility index (Phi) is 5.68. The molecule has 2 aromatic carbocycles. The van der Waals surface area contributed by atoms with Crippen LogP contribution in [-0.2, 0) is 0 Å².